The monoisotopic (exact) mass is 267 g/mol. The topological polar surface area (TPSA) is 67.5 Å². The van der Waals surface area contributed by atoms with Gasteiger partial charge in [0.2, 0.25) is 0 Å². The van der Waals surface area contributed by atoms with Gasteiger partial charge < -0.3 is 5.73 Å². The molecule has 0 spiro atoms. The number of amides is 2. The van der Waals surface area contributed by atoms with Crippen LogP contribution in [0.4, 0.5) is 4.79 Å². The highest BCUT2D eigenvalue weighted by Gasteiger charge is 2.62. The maximum absolute atomic E-state index is 10.8. The molecule has 1 aliphatic carbocycles. The van der Waals surface area contributed by atoms with E-state index in [2.05, 4.69) is 31.3 Å². The van der Waals surface area contributed by atoms with E-state index in [0.29, 0.717) is 11.3 Å². The van der Waals surface area contributed by atoms with Crippen LogP contribution in [0, 0.1) is 17.3 Å². The van der Waals surface area contributed by atoms with E-state index < -0.39 is 6.03 Å². The first-order chi connectivity index (χ1) is 9.03. The van der Waals surface area contributed by atoms with Crippen LogP contribution < -0.4 is 11.2 Å². The number of hydrogen-bond acceptors (Lipinski definition) is 2. The summed E-state index contributed by atoms with van der Waals surface area (Å²) in [6.07, 6.45) is 7.43. The van der Waals surface area contributed by atoms with Crippen LogP contribution in [0.3, 0.4) is 0 Å². The Hall–Kier alpha value is -1.06. The Labute approximate surface area is 117 Å². The van der Waals surface area contributed by atoms with Crippen molar-refractivity contribution in [1.29, 1.82) is 0 Å². The molecular weight excluding hydrogens is 238 g/mol. The molecule has 0 heterocycles. The number of nitrogens with one attached hydrogen (secondary N) is 1. The molecule has 0 aromatic carbocycles. The summed E-state index contributed by atoms with van der Waals surface area (Å²) in [6, 6.07) is -0.580. The maximum Gasteiger partial charge on any atom is 0.332 e. The summed E-state index contributed by atoms with van der Waals surface area (Å²) in [7, 11) is 0. The third-order valence-corrected chi connectivity index (χ3v) is 4.47. The van der Waals surface area contributed by atoms with Crippen LogP contribution in [-0.2, 0) is 0 Å². The lowest BCUT2D eigenvalue weighted by Crippen LogP contribution is -2.26. The summed E-state index contributed by atoms with van der Waals surface area (Å²) in [6.45, 7) is 8.77. The Bertz CT molecular complexity index is 332. The molecule has 0 aromatic rings. The van der Waals surface area contributed by atoms with Gasteiger partial charge in [0, 0.05) is 11.6 Å². The van der Waals surface area contributed by atoms with Crippen molar-refractivity contribution in [1.82, 2.24) is 5.43 Å². The minimum atomic E-state index is -0.580. The first kappa shape index (κ1) is 16.0. The summed E-state index contributed by atoms with van der Waals surface area (Å²) >= 11 is 0. The van der Waals surface area contributed by atoms with Crippen LogP contribution in [0.5, 0.6) is 0 Å². The fourth-order valence-corrected chi connectivity index (χ4v) is 4.00. The van der Waals surface area contributed by atoms with Crippen molar-refractivity contribution < 1.29 is 4.79 Å². The maximum atomic E-state index is 10.8. The SMILES string of the molecule is CCC[C@H]1[C@H](/C(C)=N/NC(N)=O)C1(CCC)CCC. The predicted molar refractivity (Wildman–Crippen MR) is 80.0 cm³/mol. The molecule has 3 N–H and O–H groups in total. The number of hydrogen-bond donors (Lipinski definition) is 2. The molecule has 0 aliphatic heterocycles. The zero-order valence-corrected chi connectivity index (χ0v) is 12.8. The molecule has 4 heteroatoms. The van der Waals surface area contributed by atoms with Crippen LogP contribution in [-0.4, -0.2) is 11.7 Å². The van der Waals surface area contributed by atoms with Crippen molar-refractivity contribution in [2.75, 3.05) is 0 Å². The van der Waals surface area contributed by atoms with E-state index in [0.717, 1.165) is 11.6 Å². The van der Waals surface area contributed by atoms with Gasteiger partial charge in [-0.1, -0.05) is 40.0 Å². The zero-order valence-electron chi connectivity index (χ0n) is 12.8. The lowest BCUT2D eigenvalue weighted by Gasteiger charge is -2.16. The van der Waals surface area contributed by atoms with Crippen molar-refractivity contribution in [2.45, 2.75) is 66.2 Å². The van der Waals surface area contributed by atoms with E-state index in [-0.39, 0.29) is 0 Å². The number of nitrogens with two attached hydrogens (primary N) is 1. The van der Waals surface area contributed by atoms with Crippen LogP contribution in [0.1, 0.15) is 66.2 Å². The number of hydrazone groups is 1. The Morgan fingerprint density at radius 3 is 2.21 bits per heavy atom. The number of carbonyl (C=O) groups is 1. The molecular formula is C15H29N3O. The van der Waals surface area contributed by atoms with Crippen molar-refractivity contribution in [2.24, 2.45) is 28.1 Å². The average molecular weight is 267 g/mol. The molecule has 1 rings (SSSR count). The highest BCUT2D eigenvalue weighted by Crippen LogP contribution is 2.66. The van der Waals surface area contributed by atoms with Gasteiger partial charge >= 0.3 is 6.03 Å². The fraction of sp³-hybridized carbons (Fsp3) is 0.867. The van der Waals surface area contributed by atoms with Crippen LogP contribution >= 0.6 is 0 Å². The molecule has 1 aliphatic rings. The largest absolute Gasteiger partial charge is 0.350 e. The Balaban J connectivity index is 2.83. The van der Waals surface area contributed by atoms with Gasteiger partial charge in [0.15, 0.2) is 0 Å². The first-order valence-electron chi connectivity index (χ1n) is 7.63. The van der Waals surface area contributed by atoms with Gasteiger partial charge in [-0.25, -0.2) is 10.2 Å². The average Bonchev–Trinajstić information content (AvgIpc) is 2.95. The standard InChI is InChI=1S/C15H29N3O/c1-5-8-12-13(11(4)17-18-14(16)19)15(12,9-6-2)10-7-3/h12-13H,5-10H2,1-4H3,(H3,16,18,19)/b17-11+/t12-,13-/m0/s1. The van der Waals surface area contributed by atoms with Gasteiger partial charge in [-0.15, -0.1) is 0 Å². The number of primary amides is 1. The summed E-state index contributed by atoms with van der Waals surface area (Å²) in [4.78, 5) is 10.8. The predicted octanol–water partition coefficient (Wildman–Crippen LogP) is 3.66. The third kappa shape index (κ3) is 3.48. The quantitative estimate of drug-likeness (QED) is 0.511. The second-order valence-corrected chi connectivity index (χ2v) is 5.84. The molecule has 2 atom stereocenters. The Morgan fingerprint density at radius 1 is 1.21 bits per heavy atom. The molecule has 4 nitrogen and oxygen atoms in total. The highest BCUT2D eigenvalue weighted by atomic mass is 16.2. The molecule has 1 fully saturated rings. The van der Waals surface area contributed by atoms with Gasteiger partial charge in [0.1, 0.15) is 0 Å². The number of nitrogens with zero attached hydrogens (tertiary/aromatic N) is 1. The third-order valence-electron chi connectivity index (χ3n) is 4.47. The highest BCUT2D eigenvalue weighted by molar-refractivity contribution is 5.89. The van der Waals surface area contributed by atoms with Gasteiger partial charge in [0.05, 0.1) is 0 Å². The lowest BCUT2D eigenvalue weighted by atomic mass is 9.89. The first-order valence-corrected chi connectivity index (χ1v) is 7.63. The van der Waals surface area contributed by atoms with E-state index in [1.807, 2.05) is 6.92 Å². The second-order valence-electron chi connectivity index (χ2n) is 5.84. The van der Waals surface area contributed by atoms with Gasteiger partial charge in [0.25, 0.3) is 0 Å². The van der Waals surface area contributed by atoms with E-state index in [1.54, 1.807) is 0 Å². The summed E-state index contributed by atoms with van der Waals surface area (Å²) in [5.74, 6) is 1.26. The van der Waals surface area contributed by atoms with E-state index in [4.69, 9.17) is 5.73 Å². The normalized spacial score (nSPS) is 25.2. The fourth-order valence-electron chi connectivity index (χ4n) is 4.00. The number of carbonyl (C=O) groups excluding carboxylic acids is 1. The molecule has 0 saturated heterocycles. The number of rotatable bonds is 8. The molecule has 1 saturated carbocycles. The van der Waals surface area contributed by atoms with E-state index in [1.165, 1.54) is 38.5 Å². The lowest BCUT2D eigenvalue weighted by molar-refractivity contribution is 0.249. The smallest absolute Gasteiger partial charge is 0.332 e. The zero-order chi connectivity index (χ0) is 14.5. The van der Waals surface area contributed by atoms with Crippen LogP contribution in [0.25, 0.3) is 0 Å². The van der Waals surface area contributed by atoms with Crippen LogP contribution in [0.15, 0.2) is 5.10 Å². The molecule has 0 aromatic heterocycles. The Kier molecular flexibility index (Phi) is 5.83. The van der Waals surface area contributed by atoms with Gasteiger partial charge in [-0.05, 0) is 37.5 Å². The van der Waals surface area contributed by atoms with Crippen molar-refractivity contribution in [3.63, 3.8) is 0 Å². The molecule has 110 valence electrons. The van der Waals surface area contributed by atoms with Crippen molar-refractivity contribution >= 4 is 11.7 Å². The molecule has 0 radical (unpaired) electrons. The van der Waals surface area contributed by atoms with E-state index >= 15 is 0 Å². The summed E-state index contributed by atoms with van der Waals surface area (Å²) in [5.41, 5.74) is 8.92. The minimum absolute atomic E-state index is 0.423. The molecule has 19 heavy (non-hydrogen) atoms. The number of urea groups is 1. The molecule has 0 unspecified atom stereocenters. The van der Waals surface area contributed by atoms with Gasteiger partial charge in [-0.2, -0.15) is 5.10 Å². The summed E-state index contributed by atoms with van der Waals surface area (Å²) < 4.78 is 0. The van der Waals surface area contributed by atoms with Crippen molar-refractivity contribution in [3.05, 3.63) is 0 Å². The van der Waals surface area contributed by atoms with E-state index in [9.17, 15) is 4.79 Å². The molecule has 0 bridgehead atoms. The van der Waals surface area contributed by atoms with Crippen LogP contribution in [0.2, 0.25) is 0 Å². The van der Waals surface area contributed by atoms with Crippen molar-refractivity contribution in [3.8, 4) is 0 Å². The molecule has 2 amide bonds. The summed E-state index contributed by atoms with van der Waals surface area (Å²) in [5, 5.41) is 4.17. The minimum Gasteiger partial charge on any atom is -0.350 e. The van der Waals surface area contributed by atoms with Gasteiger partial charge in [-0.3, -0.25) is 0 Å². The second kappa shape index (κ2) is 6.92. The Morgan fingerprint density at radius 2 is 1.79 bits per heavy atom.